The van der Waals surface area contributed by atoms with E-state index in [2.05, 4.69) is 20.8 Å². The Labute approximate surface area is 192 Å². The molecule has 9 heteroatoms. The van der Waals surface area contributed by atoms with Crippen LogP contribution in [0.2, 0.25) is 0 Å². The van der Waals surface area contributed by atoms with E-state index in [4.69, 9.17) is 28.4 Å². The maximum absolute atomic E-state index is 6.15. The number of fused-ring (bicyclic) bond motifs is 3. The Balaban J connectivity index is 1.55. The summed E-state index contributed by atoms with van der Waals surface area (Å²) in [6.45, 7) is 9.88. The summed E-state index contributed by atoms with van der Waals surface area (Å²) in [7, 11) is 0. The first-order valence-corrected chi connectivity index (χ1v) is 12.8. The largest absolute Gasteiger partial charge is 0.485 e. The molecular weight excluding hydrogens is 456 g/mol. The van der Waals surface area contributed by atoms with E-state index in [1.165, 1.54) is 4.88 Å². The number of hydrogen-bond donors (Lipinski definition) is 0. The molecule has 0 aromatic carbocycles. The van der Waals surface area contributed by atoms with E-state index in [1.54, 1.807) is 34.0 Å². The van der Waals surface area contributed by atoms with Crippen LogP contribution in [0.1, 0.15) is 25.6 Å². The molecule has 31 heavy (non-hydrogen) atoms. The van der Waals surface area contributed by atoms with Gasteiger partial charge in [0.25, 0.3) is 0 Å². The lowest BCUT2D eigenvalue weighted by molar-refractivity contribution is 0.170. The Bertz CT molecular complexity index is 1150. The van der Waals surface area contributed by atoms with Crippen LogP contribution >= 0.6 is 34.0 Å². The van der Waals surface area contributed by atoms with E-state index >= 15 is 0 Å². The highest BCUT2D eigenvalue weighted by molar-refractivity contribution is 7.27. The Morgan fingerprint density at radius 2 is 1.06 bits per heavy atom. The van der Waals surface area contributed by atoms with Crippen LogP contribution in [0.4, 0.5) is 0 Å². The summed E-state index contributed by atoms with van der Waals surface area (Å²) in [5.41, 5.74) is -0.0524. The lowest BCUT2D eigenvalue weighted by atomic mass is 9.94. The highest BCUT2D eigenvalue weighted by Gasteiger charge is 2.36. The summed E-state index contributed by atoms with van der Waals surface area (Å²) >= 11 is 4.99. The minimum Gasteiger partial charge on any atom is -0.485 e. The van der Waals surface area contributed by atoms with Gasteiger partial charge >= 0.3 is 0 Å². The molecule has 0 spiro atoms. The smallest absolute Gasteiger partial charge is 0.181 e. The van der Waals surface area contributed by atoms with Crippen molar-refractivity contribution in [1.82, 2.24) is 0 Å². The van der Waals surface area contributed by atoms with Gasteiger partial charge in [-0.15, -0.1) is 34.0 Å². The standard InChI is InChI=1S/C22H22O6S3/c1-22(2,3)21-16-15(27-8-9-28-16)20(31-21)19-14-13(25-6-7-26-14)18(30-19)17-12-11(10-29-17)23-4-5-24-12/h10H,4-9H2,1-3H3. The van der Waals surface area contributed by atoms with Crippen molar-refractivity contribution in [2.24, 2.45) is 0 Å². The molecule has 0 N–H and O–H groups in total. The lowest BCUT2D eigenvalue weighted by Crippen LogP contribution is -2.18. The van der Waals surface area contributed by atoms with Crippen LogP contribution in [0.3, 0.4) is 0 Å². The molecule has 0 amide bonds. The van der Waals surface area contributed by atoms with Crippen LogP contribution in [-0.2, 0) is 5.41 Å². The first-order chi connectivity index (χ1) is 15.0. The zero-order valence-electron chi connectivity index (χ0n) is 17.5. The summed E-state index contributed by atoms with van der Waals surface area (Å²) in [4.78, 5) is 5.28. The van der Waals surface area contributed by atoms with Crippen LogP contribution in [0.25, 0.3) is 19.5 Å². The van der Waals surface area contributed by atoms with Gasteiger partial charge in [-0.2, -0.15) is 0 Å². The fourth-order valence-electron chi connectivity index (χ4n) is 3.86. The highest BCUT2D eigenvalue weighted by Crippen LogP contribution is 2.62. The SMILES string of the molecule is CC(C)(C)c1sc(-c2sc(-c3scc4c3OCCO4)c3c2OCCO3)c2c1OCCO2. The van der Waals surface area contributed by atoms with Crippen molar-refractivity contribution in [1.29, 1.82) is 0 Å². The van der Waals surface area contributed by atoms with E-state index in [0.29, 0.717) is 39.6 Å². The molecule has 0 aliphatic carbocycles. The molecule has 0 unspecified atom stereocenters. The highest BCUT2D eigenvalue weighted by atomic mass is 32.1. The predicted octanol–water partition coefficient (Wildman–Crippen LogP) is 5.82. The van der Waals surface area contributed by atoms with Gasteiger partial charge in [-0.3, -0.25) is 0 Å². The van der Waals surface area contributed by atoms with Gasteiger partial charge in [0.05, 0.1) is 24.4 Å². The van der Waals surface area contributed by atoms with Gasteiger partial charge in [0.15, 0.2) is 34.5 Å². The maximum Gasteiger partial charge on any atom is 0.181 e. The zero-order valence-corrected chi connectivity index (χ0v) is 19.9. The maximum atomic E-state index is 6.15. The molecule has 0 saturated heterocycles. The molecular formula is C22H22O6S3. The van der Waals surface area contributed by atoms with E-state index in [9.17, 15) is 0 Å². The molecule has 3 aliphatic heterocycles. The first-order valence-electron chi connectivity index (χ1n) is 10.3. The van der Waals surface area contributed by atoms with Gasteiger partial charge in [0.1, 0.15) is 39.6 Å². The monoisotopic (exact) mass is 478 g/mol. The summed E-state index contributed by atoms with van der Waals surface area (Å²) in [6.07, 6.45) is 0. The minimum atomic E-state index is -0.0524. The average molecular weight is 479 g/mol. The van der Waals surface area contributed by atoms with Crippen molar-refractivity contribution in [2.75, 3.05) is 39.6 Å². The predicted molar refractivity (Wildman–Crippen MR) is 123 cm³/mol. The van der Waals surface area contributed by atoms with Crippen LogP contribution < -0.4 is 28.4 Å². The van der Waals surface area contributed by atoms with Crippen LogP contribution in [0.15, 0.2) is 5.38 Å². The topological polar surface area (TPSA) is 55.4 Å². The molecule has 0 saturated carbocycles. The molecule has 0 bridgehead atoms. The van der Waals surface area contributed by atoms with Crippen LogP contribution in [0, 0.1) is 0 Å². The molecule has 6 heterocycles. The third kappa shape index (κ3) is 3.08. The summed E-state index contributed by atoms with van der Waals surface area (Å²) < 4.78 is 36.2. The summed E-state index contributed by atoms with van der Waals surface area (Å²) in [5, 5.41) is 2.00. The lowest BCUT2D eigenvalue weighted by Gasteiger charge is -2.22. The van der Waals surface area contributed by atoms with E-state index in [1.807, 2.05) is 5.38 Å². The van der Waals surface area contributed by atoms with Crippen molar-refractivity contribution in [3.8, 4) is 54.0 Å². The Morgan fingerprint density at radius 1 is 0.581 bits per heavy atom. The first kappa shape index (κ1) is 19.6. The third-order valence-electron chi connectivity index (χ3n) is 5.19. The molecule has 6 rings (SSSR count). The van der Waals surface area contributed by atoms with Gasteiger partial charge in [0.2, 0.25) is 0 Å². The molecule has 3 aromatic rings. The fourth-order valence-corrected chi connectivity index (χ4v) is 7.50. The van der Waals surface area contributed by atoms with Gasteiger partial charge < -0.3 is 28.4 Å². The number of thiophene rings is 3. The van der Waals surface area contributed by atoms with Gasteiger partial charge in [-0.1, -0.05) is 20.8 Å². The Hall–Kier alpha value is -2.10. The van der Waals surface area contributed by atoms with E-state index in [0.717, 1.165) is 54.0 Å². The van der Waals surface area contributed by atoms with E-state index in [-0.39, 0.29) is 5.41 Å². The van der Waals surface area contributed by atoms with Gasteiger partial charge in [-0.05, 0) is 0 Å². The summed E-state index contributed by atoms with van der Waals surface area (Å²) in [6, 6.07) is 0. The van der Waals surface area contributed by atoms with Crippen molar-refractivity contribution in [3.63, 3.8) is 0 Å². The Kier molecular flexibility index (Phi) is 4.56. The molecule has 164 valence electrons. The van der Waals surface area contributed by atoms with Crippen molar-refractivity contribution in [3.05, 3.63) is 10.3 Å². The zero-order chi connectivity index (χ0) is 21.2. The second kappa shape index (κ2) is 7.21. The van der Waals surface area contributed by atoms with Crippen molar-refractivity contribution < 1.29 is 28.4 Å². The van der Waals surface area contributed by atoms with Crippen LogP contribution in [0.5, 0.6) is 34.5 Å². The average Bonchev–Trinajstić information content (AvgIpc) is 3.46. The van der Waals surface area contributed by atoms with Gasteiger partial charge in [-0.25, -0.2) is 0 Å². The molecule has 6 nitrogen and oxygen atoms in total. The second-order valence-electron chi connectivity index (χ2n) is 8.44. The van der Waals surface area contributed by atoms with Crippen molar-refractivity contribution >= 4 is 34.0 Å². The van der Waals surface area contributed by atoms with E-state index < -0.39 is 0 Å². The second-order valence-corrected chi connectivity index (χ2v) is 11.4. The number of rotatable bonds is 2. The van der Waals surface area contributed by atoms with Gasteiger partial charge in [0, 0.05) is 10.8 Å². The third-order valence-corrected chi connectivity index (χ3v) is 9.19. The molecule has 0 atom stereocenters. The summed E-state index contributed by atoms with van der Waals surface area (Å²) in [5.74, 6) is 4.84. The minimum absolute atomic E-state index is 0.0524. The van der Waals surface area contributed by atoms with Crippen LogP contribution in [-0.4, -0.2) is 39.6 Å². The molecule has 3 aliphatic rings. The quantitative estimate of drug-likeness (QED) is 0.463. The number of ether oxygens (including phenoxy) is 6. The molecule has 0 fully saturated rings. The number of hydrogen-bond acceptors (Lipinski definition) is 9. The van der Waals surface area contributed by atoms with Crippen molar-refractivity contribution in [2.45, 2.75) is 26.2 Å². The normalized spacial score (nSPS) is 17.0. The molecule has 3 aromatic heterocycles. The Morgan fingerprint density at radius 3 is 1.71 bits per heavy atom. The molecule has 0 radical (unpaired) electrons. The fraction of sp³-hybridized carbons (Fsp3) is 0.455.